The number of nitrogen functional groups attached to an aromatic ring is 1. The van der Waals surface area contributed by atoms with Crippen LogP contribution in [-0.2, 0) is 0 Å². The van der Waals surface area contributed by atoms with Gasteiger partial charge in [0.05, 0.1) is 10.6 Å². The smallest absolute Gasteiger partial charge is 0.162 e. The molecule has 0 saturated carbocycles. The first-order valence-corrected chi connectivity index (χ1v) is 5.49. The molecule has 0 aliphatic rings. The molecular formula is C11H12N2OS. The van der Waals surface area contributed by atoms with Crippen molar-refractivity contribution in [3.63, 3.8) is 0 Å². The van der Waals surface area contributed by atoms with Gasteiger partial charge < -0.3 is 5.73 Å². The highest BCUT2D eigenvalue weighted by molar-refractivity contribution is 7.20. The molecule has 78 valence electrons. The number of nitrogens with zero attached hydrogens (tertiary/aromatic N) is 1. The van der Waals surface area contributed by atoms with Crippen LogP contribution < -0.4 is 5.73 Å². The first kappa shape index (κ1) is 10.1. The standard InChI is InChI=1S/C11H12N2OS/c1-5-6(2)9-10(12)8(4-14)15-11(9)13-7(5)3/h4H,12H2,1-3H3. The Hall–Kier alpha value is -1.42. The molecule has 0 aromatic carbocycles. The summed E-state index contributed by atoms with van der Waals surface area (Å²) in [5, 5.41) is 0.935. The van der Waals surface area contributed by atoms with Gasteiger partial charge in [0.2, 0.25) is 0 Å². The van der Waals surface area contributed by atoms with Gasteiger partial charge in [-0.25, -0.2) is 4.98 Å². The quantitative estimate of drug-likeness (QED) is 0.751. The number of carbonyl (C=O) groups is 1. The predicted molar refractivity (Wildman–Crippen MR) is 63.6 cm³/mol. The summed E-state index contributed by atoms with van der Waals surface area (Å²) in [4.78, 5) is 16.7. The third-order valence-electron chi connectivity index (χ3n) is 2.81. The van der Waals surface area contributed by atoms with Crippen molar-refractivity contribution >= 4 is 33.5 Å². The maximum absolute atomic E-state index is 10.8. The van der Waals surface area contributed by atoms with Crippen LogP contribution in [0, 0.1) is 20.8 Å². The normalized spacial score (nSPS) is 10.9. The van der Waals surface area contributed by atoms with Crippen LogP contribution in [0.4, 0.5) is 5.69 Å². The van der Waals surface area contributed by atoms with Gasteiger partial charge in [-0.05, 0) is 31.9 Å². The van der Waals surface area contributed by atoms with E-state index in [9.17, 15) is 4.79 Å². The van der Waals surface area contributed by atoms with Crippen molar-refractivity contribution in [1.29, 1.82) is 0 Å². The molecule has 15 heavy (non-hydrogen) atoms. The topological polar surface area (TPSA) is 56.0 Å². The lowest BCUT2D eigenvalue weighted by atomic mass is 10.1. The first-order chi connectivity index (χ1) is 7.06. The van der Waals surface area contributed by atoms with Crippen LogP contribution >= 0.6 is 11.3 Å². The van der Waals surface area contributed by atoms with E-state index in [2.05, 4.69) is 4.98 Å². The zero-order valence-electron chi connectivity index (χ0n) is 8.92. The molecule has 0 fully saturated rings. The molecule has 0 spiro atoms. The number of aryl methyl sites for hydroxylation is 2. The van der Waals surface area contributed by atoms with E-state index in [4.69, 9.17) is 5.73 Å². The van der Waals surface area contributed by atoms with Crippen LogP contribution in [0.5, 0.6) is 0 Å². The predicted octanol–water partition coefficient (Wildman–Crippen LogP) is 2.62. The van der Waals surface area contributed by atoms with Gasteiger partial charge in [-0.2, -0.15) is 0 Å². The third-order valence-corrected chi connectivity index (χ3v) is 3.84. The average molecular weight is 220 g/mol. The number of aromatic nitrogens is 1. The number of rotatable bonds is 1. The number of aldehydes is 1. The van der Waals surface area contributed by atoms with Crippen molar-refractivity contribution in [3.05, 3.63) is 21.7 Å². The molecule has 0 atom stereocenters. The minimum absolute atomic E-state index is 0.568. The second-order valence-corrected chi connectivity index (χ2v) is 4.66. The monoisotopic (exact) mass is 220 g/mol. The SMILES string of the molecule is Cc1nc2sc(C=O)c(N)c2c(C)c1C. The number of carbonyl (C=O) groups excluding carboxylic acids is 1. The molecule has 0 unspecified atom stereocenters. The van der Waals surface area contributed by atoms with Crippen LogP contribution in [0.15, 0.2) is 0 Å². The van der Waals surface area contributed by atoms with E-state index >= 15 is 0 Å². The summed E-state index contributed by atoms with van der Waals surface area (Å²) in [6.45, 7) is 6.01. The van der Waals surface area contributed by atoms with E-state index < -0.39 is 0 Å². The molecule has 4 heteroatoms. The number of nitrogens with two attached hydrogens (primary N) is 1. The summed E-state index contributed by atoms with van der Waals surface area (Å²) >= 11 is 1.36. The molecule has 0 amide bonds. The van der Waals surface area contributed by atoms with E-state index in [0.717, 1.165) is 33.3 Å². The fourth-order valence-electron chi connectivity index (χ4n) is 1.67. The molecule has 0 aliphatic heterocycles. The second kappa shape index (κ2) is 3.31. The minimum atomic E-state index is 0.568. The van der Waals surface area contributed by atoms with Gasteiger partial charge in [0.25, 0.3) is 0 Å². The number of hydrogen-bond donors (Lipinski definition) is 1. The van der Waals surface area contributed by atoms with Crippen LogP contribution in [0.3, 0.4) is 0 Å². The third kappa shape index (κ3) is 1.33. The Morgan fingerprint density at radius 3 is 2.53 bits per heavy atom. The Morgan fingerprint density at radius 1 is 1.27 bits per heavy atom. The zero-order chi connectivity index (χ0) is 11.2. The minimum Gasteiger partial charge on any atom is -0.397 e. The van der Waals surface area contributed by atoms with Crippen molar-refractivity contribution < 1.29 is 4.79 Å². The van der Waals surface area contributed by atoms with Gasteiger partial charge >= 0.3 is 0 Å². The highest BCUT2D eigenvalue weighted by Gasteiger charge is 2.14. The van der Waals surface area contributed by atoms with Gasteiger partial charge in [0.15, 0.2) is 6.29 Å². The highest BCUT2D eigenvalue weighted by atomic mass is 32.1. The molecule has 3 nitrogen and oxygen atoms in total. The fourth-order valence-corrected chi connectivity index (χ4v) is 2.69. The summed E-state index contributed by atoms with van der Waals surface area (Å²) in [5.74, 6) is 0. The lowest BCUT2D eigenvalue weighted by molar-refractivity contribution is 0.112. The lowest BCUT2D eigenvalue weighted by Gasteiger charge is -2.05. The molecule has 0 saturated heterocycles. The molecule has 0 aliphatic carbocycles. The maximum Gasteiger partial charge on any atom is 0.162 e. The van der Waals surface area contributed by atoms with Crippen LogP contribution in [0.1, 0.15) is 26.5 Å². The van der Waals surface area contributed by atoms with Gasteiger partial charge in [0.1, 0.15) is 4.83 Å². The summed E-state index contributed by atoms with van der Waals surface area (Å²) < 4.78 is 0. The zero-order valence-corrected chi connectivity index (χ0v) is 9.73. The van der Waals surface area contributed by atoms with Gasteiger partial charge in [-0.1, -0.05) is 0 Å². The molecule has 0 bridgehead atoms. The summed E-state index contributed by atoms with van der Waals surface area (Å²) in [5.41, 5.74) is 9.74. The van der Waals surface area contributed by atoms with Gasteiger partial charge in [-0.3, -0.25) is 4.79 Å². The van der Waals surface area contributed by atoms with Crippen LogP contribution in [0.2, 0.25) is 0 Å². The molecular weight excluding hydrogens is 208 g/mol. The molecule has 0 radical (unpaired) electrons. The number of fused-ring (bicyclic) bond motifs is 1. The molecule has 2 rings (SSSR count). The van der Waals surface area contributed by atoms with E-state index in [1.54, 1.807) is 0 Å². The van der Waals surface area contributed by atoms with Crippen molar-refractivity contribution in [1.82, 2.24) is 4.98 Å². The van der Waals surface area contributed by atoms with E-state index in [1.807, 2.05) is 20.8 Å². The van der Waals surface area contributed by atoms with E-state index in [-0.39, 0.29) is 0 Å². The van der Waals surface area contributed by atoms with Gasteiger partial charge in [-0.15, -0.1) is 11.3 Å². The number of thiophene rings is 1. The highest BCUT2D eigenvalue weighted by Crippen LogP contribution is 2.35. The van der Waals surface area contributed by atoms with Crippen LogP contribution in [0.25, 0.3) is 10.2 Å². The maximum atomic E-state index is 10.8. The Labute approximate surface area is 91.9 Å². The van der Waals surface area contributed by atoms with Crippen molar-refractivity contribution in [3.8, 4) is 0 Å². The summed E-state index contributed by atoms with van der Waals surface area (Å²) in [6.07, 6.45) is 0.797. The number of pyridine rings is 1. The second-order valence-electron chi connectivity index (χ2n) is 3.63. The van der Waals surface area contributed by atoms with Gasteiger partial charge in [0, 0.05) is 11.1 Å². The summed E-state index contributed by atoms with van der Waals surface area (Å²) in [6, 6.07) is 0. The Morgan fingerprint density at radius 2 is 1.93 bits per heavy atom. The molecule has 2 aromatic heterocycles. The van der Waals surface area contributed by atoms with Crippen molar-refractivity contribution in [2.45, 2.75) is 20.8 Å². The van der Waals surface area contributed by atoms with Crippen molar-refractivity contribution in [2.75, 3.05) is 5.73 Å². The fraction of sp³-hybridized carbons (Fsp3) is 0.273. The van der Waals surface area contributed by atoms with Crippen LogP contribution in [-0.4, -0.2) is 11.3 Å². The largest absolute Gasteiger partial charge is 0.397 e. The lowest BCUT2D eigenvalue weighted by Crippen LogP contribution is -1.94. The van der Waals surface area contributed by atoms with E-state index in [0.29, 0.717) is 10.6 Å². The molecule has 2 heterocycles. The Balaban J connectivity index is 2.96. The number of hydrogen-bond acceptors (Lipinski definition) is 4. The molecule has 2 aromatic rings. The van der Waals surface area contributed by atoms with E-state index in [1.165, 1.54) is 11.3 Å². The number of anilines is 1. The first-order valence-electron chi connectivity index (χ1n) is 4.67. The average Bonchev–Trinajstić information content (AvgIpc) is 2.52. The Bertz CT molecular complexity index is 557. The van der Waals surface area contributed by atoms with Crippen molar-refractivity contribution in [2.24, 2.45) is 0 Å². The molecule has 2 N–H and O–H groups in total. The Kier molecular flexibility index (Phi) is 2.23. The summed E-state index contributed by atoms with van der Waals surface area (Å²) in [7, 11) is 0.